The first-order valence-electron chi connectivity index (χ1n) is 10.6. The van der Waals surface area contributed by atoms with Crippen molar-refractivity contribution in [1.29, 1.82) is 0 Å². The van der Waals surface area contributed by atoms with Crippen LogP contribution in [0.2, 0.25) is 0 Å². The van der Waals surface area contributed by atoms with Gasteiger partial charge in [0.2, 0.25) is 0 Å². The van der Waals surface area contributed by atoms with E-state index in [1.807, 2.05) is 0 Å². The van der Waals surface area contributed by atoms with Crippen molar-refractivity contribution in [2.45, 2.75) is 84.1 Å². The molecule has 0 fully saturated rings. The van der Waals surface area contributed by atoms with Crippen LogP contribution in [0.1, 0.15) is 59.6 Å². The van der Waals surface area contributed by atoms with Gasteiger partial charge in [0.1, 0.15) is 28.6 Å². The smallest absolute Gasteiger partial charge is 0.408 e. The fourth-order valence-electron chi connectivity index (χ4n) is 2.86. The molecule has 0 aliphatic carbocycles. The highest BCUT2D eigenvalue weighted by Gasteiger charge is 2.33. The maximum absolute atomic E-state index is 14.5. The van der Waals surface area contributed by atoms with Crippen molar-refractivity contribution >= 4 is 24.1 Å². The van der Waals surface area contributed by atoms with Gasteiger partial charge in [-0.2, -0.15) is 0 Å². The molecule has 190 valence electrons. The maximum Gasteiger partial charge on any atom is 0.408 e. The summed E-state index contributed by atoms with van der Waals surface area (Å²) in [5, 5.41) is 23.1. The van der Waals surface area contributed by atoms with E-state index in [2.05, 4.69) is 10.6 Å². The standard InChI is InChI=1S/C23H33FN2O8/c1-21(2,3)33-19(31)25-16(17(27)28)11-13-8-9-15(24)14(10-13)12-22(4,5)34-20(32)26-23(6,7)18(29)30/h8-10,16H,11-12H2,1-7H3,(H,25,31)(H,26,32)(H,27,28)(H,29,30). The molecule has 0 aliphatic rings. The van der Waals surface area contributed by atoms with Gasteiger partial charge in [-0.3, -0.25) is 0 Å². The molecule has 1 rings (SSSR count). The van der Waals surface area contributed by atoms with Crippen molar-refractivity contribution in [3.05, 3.63) is 35.1 Å². The fraction of sp³-hybridized carbons (Fsp3) is 0.565. The van der Waals surface area contributed by atoms with Gasteiger partial charge in [0, 0.05) is 12.8 Å². The van der Waals surface area contributed by atoms with Crippen LogP contribution in [0.15, 0.2) is 18.2 Å². The summed E-state index contributed by atoms with van der Waals surface area (Å²) in [6.45, 7) is 10.5. The Morgan fingerprint density at radius 2 is 1.56 bits per heavy atom. The minimum Gasteiger partial charge on any atom is -0.480 e. The van der Waals surface area contributed by atoms with Gasteiger partial charge >= 0.3 is 24.1 Å². The molecule has 1 aromatic carbocycles. The summed E-state index contributed by atoms with van der Waals surface area (Å²) in [6, 6.07) is 2.65. The lowest BCUT2D eigenvalue weighted by atomic mass is 9.95. The number of carbonyl (C=O) groups is 4. The lowest BCUT2D eigenvalue weighted by Gasteiger charge is -2.28. The average Bonchev–Trinajstić information content (AvgIpc) is 2.60. The third-order valence-electron chi connectivity index (χ3n) is 4.47. The average molecular weight is 485 g/mol. The number of carboxylic acid groups (broad SMARTS) is 2. The zero-order valence-corrected chi connectivity index (χ0v) is 20.4. The van der Waals surface area contributed by atoms with Crippen molar-refractivity contribution in [3.63, 3.8) is 0 Å². The molecule has 0 spiro atoms. The van der Waals surface area contributed by atoms with Gasteiger partial charge in [-0.25, -0.2) is 23.6 Å². The summed E-state index contributed by atoms with van der Waals surface area (Å²) in [6.07, 6.45) is -2.10. The second kappa shape index (κ2) is 10.7. The van der Waals surface area contributed by atoms with Crippen molar-refractivity contribution in [2.75, 3.05) is 0 Å². The van der Waals surface area contributed by atoms with Crippen LogP contribution in [-0.2, 0) is 31.9 Å². The van der Waals surface area contributed by atoms with Crippen LogP contribution in [0.4, 0.5) is 14.0 Å². The third-order valence-corrected chi connectivity index (χ3v) is 4.47. The molecule has 1 aromatic rings. The highest BCUT2D eigenvalue weighted by molar-refractivity contribution is 5.83. The second-order valence-electron chi connectivity index (χ2n) is 10.0. The van der Waals surface area contributed by atoms with Crippen LogP contribution in [0.25, 0.3) is 0 Å². The Balaban J connectivity index is 2.96. The summed E-state index contributed by atoms with van der Waals surface area (Å²) in [4.78, 5) is 46.9. The van der Waals surface area contributed by atoms with Crippen LogP contribution in [0.3, 0.4) is 0 Å². The first-order valence-corrected chi connectivity index (χ1v) is 10.6. The van der Waals surface area contributed by atoms with Crippen LogP contribution in [-0.4, -0.2) is 57.1 Å². The second-order valence-corrected chi connectivity index (χ2v) is 10.0. The number of rotatable bonds is 9. The Hall–Kier alpha value is -3.37. The van der Waals surface area contributed by atoms with Gasteiger partial charge in [0.25, 0.3) is 0 Å². The Morgan fingerprint density at radius 3 is 2.06 bits per heavy atom. The van der Waals surface area contributed by atoms with Crippen LogP contribution >= 0.6 is 0 Å². The number of amides is 2. The number of hydrogen-bond acceptors (Lipinski definition) is 6. The van der Waals surface area contributed by atoms with Crippen LogP contribution in [0.5, 0.6) is 0 Å². The van der Waals surface area contributed by atoms with Gasteiger partial charge in [-0.1, -0.05) is 12.1 Å². The molecule has 2 amide bonds. The number of carboxylic acids is 2. The molecule has 0 radical (unpaired) electrons. The van der Waals surface area contributed by atoms with Crippen molar-refractivity contribution in [1.82, 2.24) is 10.6 Å². The normalized spacial score (nSPS) is 12.9. The van der Waals surface area contributed by atoms with Crippen LogP contribution in [0, 0.1) is 5.82 Å². The van der Waals surface area contributed by atoms with Crippen LogP contribution < -0.4 is 10.6 Å². The molecule has 11 heteroatoms. The number of benzene rings is 1. The molecule has 0 saturated carbocycles. The van der Waals surface area contributed by atoms with Gasteiger partial charge < -0.3 is 30.3 Å². The highest BCUT2D eigenvalue weighted by atomic mass is 19.1. The van der Waals surface area contributed by atoms with E-state index in [4.69, 9.17) is 14.6 Å². The molecule has 1 atom stereocenters. The summed E-state index contributed by atoms with van der Waals surface area (Å²) in [7, 11) is 0. The highest BCUT2D eigenvalue weighted by Crippen LogP contribution is 2.22. The molecule has 1 unspecified atom stereocenters. The monoisotopic (exact) mass is 484 g/mol. The van der Waals surface area contributed by atoms with E-state index in [1.54, 1.807) is 20.8 Å². The number of halogens is 1. The molecule has 10 nitrogen and oxygen atoms in total. The largest absolute Gasteiger partial charge is 0.480 e. The summed E-state index contributed by atoms with van der Waals surface area (Å²) < 4.78 is 24.8. The Kier molecular flexibility index (Phi) is 9.03. The molecular weight excluding hydrogens is 451 g/mol. The third kappa shape index (κ3) is 9.63. The summed E-state index contributed by atoms with van der Waals surface area (Å²) >= 11 is 0. The predicted octanol–water partition coefficient (Wildman–Crippen LogP) is 3.26. The van der Waals surface area contributed by atoms with E-state index in [1.165, 1.54) is 39.8 Å². The first kappa shape index (κ1) is 28.7. The van der Waals surface area contributed by atoms with Gasteiger partial charge in [-0.05, 0) is 65.7 Å². The molecule has 34 heavy (non-hydrogen) atoms. The summed E-state index contributed by atoms with van der Waals surface area (Å²) in [5.74, 6) is -3.15. The van der Waals surface area contributed by atoms with Crippen molar-refractivity contribution in [3.8, 4) is 0 Å². The van der Waals surface area contributed by atoms with Gasteiger partial charge in [0.15, 0.2) is 0 Å². The Morgan fingerprint density at radius 1 is 0.971 bits per heavy atom. The number of nitrogens with one attached hydrogen (secondary N) is 2. The van der Waals surface area contributed by atoms with Gasteiger partial charge in [-0.15, -0.1) is 0 Å². The topological polar surface area (TPSA) is 151 Å². The SMILES string of the molecule is CC(C)(C)OC(=O)NC(Cc1ccc(F)c(CC(C)(C)OC(=O)NC(C)(C)C(=O)O)c1)C(=O)O. The molecule has 0 aromatic heterocycles. The molecular formula is C23H33FN2O8. The van der Waals surface area contributed by atoms with E-state index < -0.39 is 52.7 Å². The predicted molar refractivity (Wildman–Crippen MR) is 120 cm³/mol. The number of aliphatic carboxylic acids is 2. The fourth-order valence-corrected chi connectivity index (χ4v) is 2.86. The zero-order valence-electron chi connectivity index (χ0n) is 20.4. The van der Waals surface area contributed by atoms with E-state index in [0.29, 0.717) is 5.56 Å². The molecule has 0 aliphatic heterocycles. The van der Waals surface area contributed by atoms with Crippen molar-refractivity contribution in [2.24, 2.45) is 0 Å². The summed E-state index contributed by atoms with van der Waals surface area (Å²) in [5.41, 5.74) is -3.03. The van der Waals surface area contributed by atoms with E-state index >= 15 is 0 Å². The molecule has 0 heterocycles. The van der Waals surface area contributed by atoms with Crippen molar-refractivity contribution < 1.29 is 43.3 Å². The Bertz CT molecular complexity index is 937. The molecule has 0 saturated heterocycles. The molecule has 0 bridgehead atoms. The van der Waals surface area contributed by atoms with E-state index in [0.717, 1.165) is 6.07 Å². The molecule has 4 N–H and O–H groups in total. The number of hydrogen-bond donors (Lipinski definition) is 4. The quantitative estimate of drug-likeness (QED) is 0.417. The van der Waals surface area contributed by atoms with E-state index in [9.17, 15) is 28.7 Å². The zero-order chi connectivity index (χ0) is 26.5. The lowest BCUT2D eigenvalue weighted by Crippen LogP contribution is -2.51. The first-order chi connectivity index (χ1) is 15.3. The number of carbonyl (C=O) groups excluding carboxylic acids is 2. The minimum absolute atomic E-state index is 0.0785. The number of ether oxygens (including phenoxy) is 2. The van der Waals surface area contributed by atoms with E-state index in [-0.39, 0.29) is 18.4 Å². The lowest BCUT2D eigenvalue weighted by molar-refractivity contribution is -0.143. The number of alkyl carbamates (subject to hydrolysis) is 2. The van der Waals surface area contributed by atoms with Gasteiger partial charge in [0.05, 0.1) is 0 Å². The minimum atomic E-state index is -1.56. The maximum atomic E-state index is 14.5. The Labute approximate surface area is 197 Å².